The second-order valence-electron chi connectivity index (χ2n) is 6.41. The van der Waals surface area contributed by atoms with Gasteiger partial charge in [0.25, 0.3) is 5.95 Å². The third-order valence-corrected chi connectivity index (χ3v) is 5.67. The molecule has 2 N–H and O–H groups in total. The van der Waals surface area contributed by atoms with Crippen LogP contribution in [0.15, 0.2) is 41.6 Å². The van der Waals surface area contributed by atoms with Gasteiger partial charge in [-0.05, 0) is 39.3 Å². The number of nitrogen functional groups attached to an aromatic ring is 1. The van der Waals surface area contributed by atoms with Crippen LogP contribution < -0.4 is 5.84 Å². The van der Waals surface area contributed by atoms with Gasteiger partial charge in [-0.15, -0.1) is 10.2 Å². The van der Waals surface area contributed by atoms with Crippen LogP contribution in [0.3, 0.4) is 0 Å². The van der Waals surface area contributed by atoms with Crippen LogP contribution in [0, 0.1) is 13.8 Å². The van der Waals surface area contributed by atoms with E-state index in [0.717, 1.165) is 17.0 Å². The molecule has 1 unspecified atom stereocenters. The molecular weight excluding hydrogens is 374 g/mol. The van der Waals surface area contributed by atoms with Crippen LogP contribution in [0.1, 0.15) is 36.0 Å². The van der Waals surface area contributed by atoms with Gasteiger partial charge in [-0.1, -0.05) is 42.1 Å². The van der Waals surface area contributed by atoms with E-state index in [4.69, 9.17) is 5.84 Å². The molecule has 148 valence electrons. The predicted octanol–water partition coefficient (Wildman–Crippen LogP) is 2.50. The largest absolute Gasteiger partial charge is 0.342 e. The van der Waals surface area contributed by atoms with Crippen LogP contribution in [0.25, 0.3) is 5.95 Å². The Balaban J connectivity index is 1.96. The van der Waals surface area contributed by atoms with E-state index in [9.17, 15) is 4.79 Å². The van der Waals surface area contributed by atoms with Crippen molar-refractivity contribution in [1.82, 2.24) is 29.6 Å². The minimum Gasteiger partial charge on any atom is -0.342 e. The Morgan fingerprint density at radius 2 is 1.86 bits per heavy atom. The van der Waals surface area contributed by atoms with Gasteiger partial charge in [0.15, 0.2) is 0 Å². The SMILES string of the molecule is CCN(CC)C(=O)C(Sc1nnc(-n2nc(C)cc2C)n1N)c1ccccc1. The van der Waals surface area contributed by atoms with Gasteiger partial charge in [0, 0.05) is 18.8 Å². The maximum atomic E-state index is 13.1. The summed E-state index contributed by atoms with van der Waals surface area (Å²) in [4.78, 5) is 15.0. The van der Waals surface area contributed by atoms with Crippen LogP contribution in [-0.4, -0.2) is 48.6 Å². The molecule has 0 aliphatic heterocycles. The summed E-state index contributed by atoms with van der Waals surface area (Å²) < 4.78 is 3.03. The predicted molar refractivity (Wildman–Crippen MR) is 110 cm³/mol. The average Bonchev–Trinajstić information content (AvgIpc) is 3.22. The number of nitrogens with zero attached hydrogens (tertiary/aromatic N) is 6. The molecule has 2 aromatic heterocycles. The summed E-state index contributed by atoms with van der Waals surface area (Å²) in [5.74, 6) is 6.70. The quantitative estimate of drug-likeness (QED) is 0.484. The first-order valence-electron chi connectivity index (χ1n) is 9.20. The van der Waals surface area contributed by atoms with Crippen molar-refractivity contribution >= 4 is 17.7 Å². The number of aromatic nitrogens is 5. The number of hydrogen-bond donors (Lipinski definition) is 1. The highest BCUT2D eigenvalue weighted by Gasteiger charge is 2.28. The molecule has 0 spiro atoms. The summed E-state index contributed by atoms with van der Waals surface area (Å²) in [5.41, 5.74) is 2.68. The maximum absolute atomic E-state index is 13.1. The Kier molecular flexibility index (Phi) is 6.03. The Labute approximate surface area is 168 Å². The van der Waals surface area contributed by atoms with Gasteiger partial charge >= 0.3 is 0 Å². The number of amides is 1. The minimum absolute atomic E-state index is 0.0249. The first-order chi connectivity index (χ1) is 13.5. The number of aryl methyl sites for hydroxylation is 2. The lowest BCUT2D eigenvalue weighted by Crippen LogP contribution is -2.34. The van der Waals surface area contributed by atoms with Crippen molar-refractivity contribution in [2.75, 3.05) is 18.9 Å². The lowest BCUT2D eigenvalue weighted by molar-refractivity contribution is -0.130. The summed E-state index contributed by atoms with van der Waals surface area (Å²) >= 11 is 1.30. The van der Waals surface area contributed by atoms with Crippen LogP contribution in [0.4, 0.5) is 0 Å². The molecule has 8 nitrogen and oxygen atoms in total. The van der Waals surface area contributed by atoms with E-state index in [1.807, 2.05) is 69.0 Å². The normalized spacial score (nSPS) is 12.1. The molecule has 1 aromatic carbocycles. The van der Waals surface area contributed by atoms with Gasteiger partial charge in [-0.3, -0.25) is 4.79 Å². The molecular formula is C19H25N7OS. The van der Waals surface area contributed by atoms with E-state index in [2.05, 4.69) is 15.3 Å². The van der Waals surface area contributed by atoms with Gasteiger partial charge in [0.1, 0.15) is 5.25 Å². The number of nitrogens with two attached hydrogens (primary N) is 1. The van der Waals surface area contributed by atoms with Crippen molar-refractivity contribution < 1.29 is 4.79 Å². The number of rotatable bonds is 7. The molecule has 0 fully saturated rings. The molecule has 1 atom stereocenters. The average molecular weight is 400 g/mol. The summed E-state index contributed by atoms with van der Waals surface area (Å²) in [6.45, 7) is 9.07. The Morgan fingerprint density at radius 3 is 2.43 bits per heavy atom. The monoisotopic (exact) mass is 399 g/mol. The van der Waals surface area contributed by atoms with E-state index in [0.29, 0.717) is 24.2 Å². The number of hydrogen-bond acceptors (Lipinski definition) is 6. The van der Waals surface area contributed by atoms with Crippen molar-refractivity contribution in [2.24, 2.45) is 0 Å². The highest BCUT2D eigenvalue weighted by molar-refractivity contribution is 8.00. The van der Waals surface area contributed by atoms with Gasteiger partial charge < -0.3 is 10.7 Å². The van der Waals surface area contributed by atoms with Gasteiger partial charge in [0.2, 0.25) is 11.1 Å². The molecule has 0 radical (unpaired) electrons. The van der Waals surface area contributed by atoms with E-state index >= 15 is 0 Å². The van der Waals surface area contributed by atoms with Crippen molar-refractivity contribution in [2.45, 2.75) is 38.1 Å². The Bertz CT molecular complexity index is 947. The lowest BCUT2D eigenvalue weighted by Gasteiger charge is -2.24. The fraction of sp³-hybridized carbons (Fsp3) is 0.368. The van der Waals surface area contributed by atoms with Gasteiger partial charge in [0.05, 0.1) is 5.69 Å². The van der Waals surface area contributed by atoms with E-state index in [1.165, 1.54) is 16.4 Å². The summed E-state index contributed by atoms with van der Waals surface area (Å²) in [6.07, 6.45) is 0. The number of likely N-dealkylation sites (N-methyl/N-ethyl adjacent to an activating group) is 1. The molecule has 2 heterocycles. The molecule has 0 saturated heterocycles. The lowest BCUT2D eigenvalue weighted by atomic mass is 10.1. The molecule has 0 aliphatic rings. The highest BCUT2D eigenvalue weighted by atomic mass is 32.2. The molecule has 3 aromatic rings. The van der Waals surface area contributed by atoms with Gasteiger partial charge in [-0.2, -0.15) is 5.10 Å². The van der Waals surface area contributed by atoms with Crippen molar-refractivity contribution in [3.63, 3.8) is 0 Å². The number of carbonyl (C=O) groups excluding carboxylic acids is 1. The Morgan fingerprint density at radius 1 is 1.18 bits per heavy atom. The second-order valence-corrected chi connectivity index (χ2v) is 7.48. The molecule has 3 rings (SSSR count). The van der Waals surface area contributed by atoms with Crippen molar-refractivity contribution in [3.05, 3.63) is 53.3 Å². The number of benzene rings is 1. The van der Waals surface area contributed by atoms with Crippen LogP contribution in [0.5, 0.6) is 0 Å². The van der Waals surface area contributed by atoms with Crippen LogP contribution in [0.2, 0.25) is 0 Å². The highest BCUT2D eigenvalue weighted by Crippen LogP contribution is 2.35. The van der Waals surface area contributed by atoms with E-state index in [1.54, 1.807) is 4.68 Å². The minimum atomic E-state index is -0.457. The Hall–Kier alpha value is -2.81. The van der Waals surface area contributed by atoms with Crippen LogP contribution >= 0.6 is 11.8 Å². The van der Waals surface area contributed by atoms with E-state index in [-0.39, 0.29) is 5.91 Å². The number of thioether (sulfide) groups is 1. The molecule has 0 bridgehead atoms. The summed E-state index contributed by atoms with van der Waals surface area (Å²) in [5, 5.41) is 12.8. The molecule has 0 aliphatic carbocycles. The van der Waals surface area contributed by atoms with Crippen LogP contribution in [-0.2, 0) is 4.79 Å². The second kappa shape index (κ2) is 8.47. The zero-order chi connectivity index (χ0) is 20.3. The fourth-order valence-electron chi connectivity index (χ4n) is 3.02. The van der Waals surface area contributed by atoms with Gasteiger partial charge in [-0.25, -0.2) is 9.36 Å². The summed E-state index contributed by atoms with van der Waals surface area (Å²) in [6, 6.07) is 11.6. The molecule has 0 saturated carbocycles. The standard InChI is InChI=1S/C19H25N7OS/c1-5-24(6-2)17(27)16(15-10-8-7-9-11-15)28-19-22-21-18(25(19)20)26-14(4)12-13(3)23-26/h7-12,16H,5-6,20H2,1-4H3. The third kappa shape index (κ3) is 3.89. The zero-order valence-electron chi connectivity index (χ0n) is 16.5. The maximum Gasteiger partial charge on any atom is 0.271 e. The first kappa shape index (κ1) is 19.9. The summed E-state index contributed by atoms with van der Waals surface area (Å²) in [7, 11) is 0. The smallest absolute Gasteiger partial charge is 0.271 e. The molecule has 28 heavy (non-hydrogen) atoms. The topological polar surface area (TPSA) is 94.9 Å². The molecule has 9 heteroatoms. The number of carbonyl (C=O) groups is 1. The zero-order valence-corrected chi connectivity index (χ0v) is 17.3. The van der Waals surface area contributed by atoms with Crippen molar-refractivity contribution in [1.29, 1.82) is 0 Å². The third-order valence-electron chi connectivity index (χ3n) is 4.47. The van der Waals surface area contributed by atoms with E-state index < -0.39 is 5.25 Å². The first-order valence-corrected chi connectivity index (χ1v) is 10.1. The fourth-order valence-corrected chi connectivity index (χ4v) is 4.06. The molecule has 1 amide bonds. The van der Waals surface area contributed by atoms with Crippen molar-refractivity contribution in [3.8, 4) is 5.95 Å².